The van der Waals surface area contributed by atoms with Crippen molar-refractivity contribution in [2.45, 2.75) is 19.3 Å². The molecule has 0 spiro atoms. The Morgan fingerprint density at radius 3 is 2.58 bits per heavy atom. The van der Waals surface area contributed by atoms with Gasteiger partial charge in [0.1, 0.15) is 5.75 Å². The second-order valence-electron chi connectivity index (χ2n) is 5.81. The predicted molar refractivity (Wildman–Crippen MR) is 92.9 cm³/mol. The Balaban J connectivity index is 1.87. The lowest BCUT2D eigenvalue weighted by Gasteiger charge is -2.17. The van der Waals surface area contributed by atoms with Gasteiger partial charge in [0.25, 0.3) is 0 Å². The van der Waals surface area contributed by atoms with Crippen LogP contribution in [0.1, 0.15) is 24.1 Å². The smallest absolute Gasteiger partial charge is 0.227 e. The van der Waals surface area contributed by atoms with Gasteiger partial charge in [-0.15, -0.1) is 0 Å². The average Bonchev–Trinajstić information content (AvgIpc) is 2.65. The molecule has 2 N–H and O–H groups in total. The summed E-state index contributed by atoms with van der Waals surface area (Å²) in [7, 11) is 1.61. The molecule has 1 aromatic carbocycles. The van der Waals surface area contributed by atoms with Gasteiger partial charge in [0.05, 0.1) is 13.0 Å². The van der Waals surface area contributed by atoms with Crippen LogP contribution in [0.25, 0.3) is 0 Å². The molecule has 1 aromatic heterocycles. The molecule has 0 aliphatic carbocycles. The summed E-state index contributed by atoms with van der Waals surface area (Å²) >= 11 is 0. The summed E-state index contributed by atoms with van der Waals surface area (Å²) in [5.41, 5.74) is 1.84. The number of benzene rings is 1. The van der Waals surface area contributed by atoms with Gasteiger partial charge in [0, 0.05) is 31.0 Å². The van der Waals surface area contributed by atoms with Crippen LogP contribution in [0.2, 0.25) is 0 Å². The molecule has 0 radical (unpaired) electrons. The lowest BCUT2D eigenvalue weighted by Crippen LogP contribution is -2.34. The highest BCUT2D eigenvalue weighted by molar-refractivity contribution is 5.83. The molecule has 2 atom stereocenters. The number of amides is 1. The second-order valence-corrected chi connectivity index (χ2v) is 5.81. The summed E-state index contributed by atoms with van der Waals surface area (Å²) in [4.78, 5) is 16.6. The topological polar surface area (TPSA) is 71.5 Å². The van der Waals surface area contributed by atoms with E-state index in [1.807, 2.05) is 49.4 Å². The Bertz CT molecular complexity index is 629. The molecule has 5 nitrogen and oxygen atoms in total. The normalized spacial score (nSPS) is 13.1. The highest BCUT2D eigenvalue weighted by Crippen LogP contribution is 2.19. The van der Waals surface area contributed by atoms with E-state index in [0.29, 0.717) is 13.0 Å². The van der Waals surface area contributed by atoms with Gasteiger partial charge in [-0.2, -0.15) is 0 Å². The van der Waals surface area contributed by atoms with Crippen LogP contribution in [0.3, 0.4) is 0 Å². The maximum absolute atomic E-state index is 12.3. The molecule has 2 aromatic rings. The van der Waals surface area contributed by atoms with E-state index in [4.69, 9.17) is 4.74 Å². The molecule has 128 valence electrons. The molecule has 2 unspecified atom stereocenters. The number of nitrogens with one attached hydrogen (secondary N) is 1. The standard InChI is InChI=1S/C19H24N2O3/c1-14(16-6-8-18(24-2)9-7-16)19(23)21-12-15(13-22)11-17-5-3-4-10-20-17/h3-10,14-15,22H,11-13H2,1-2H3,(H,21,23). The van der Waals surface area contributed by atoms with E-state index in [1.165, 1.54) is 0 Å². The van der Waals surface area contributed by atoms with Gasteiger partial charge in [-0.3, -0.25) is 9.78 Å². The number of hydrogen-bond donors (Lipinski definition) is 2. The molecule has 0 aliphatic rings. The van der Waals surface area contributed by atoms with Crippen molar-refractivity contribution in [3.63, 3.8) is 0 Å². The van der Waals surface area contributed by atoms with Crippen molar-refractivity contribution in [3.05, 3.63) is 59.9 Å². The molecule has 5 heteroatoms. The molecule has 2 rings (SSSR count). The third kappa shape index (κ3) is 5.06. The van der Waals surface area contributed by atoms with Crippen molar-refractivity contribution in [1.82, 2.24) is 10.3 Å². The zero-order chi connectivity index (χ0) is 17.4. The van der Waals surface area contributed by atoms with Gasteiger partial charge in [0.2, 0.25) is 5.91 Å². The van der Waals surface area contributed by atoms with Crippen LogP contribution < -0.4 is 10.1 Å². The molecule has 1 amide bonds. The predicted octanol–water partition coefficient (Wildman–Crippen LogP) is 2.16. The van der Waals surface area contributed by atoms with Crippen LogP contribution in [-0.4, -0.2) is 36.3 Å². The number of rotatable bonds is 8. The molecule has 1 heterocycles. The fraction of sp³-hybridized carbons (Fsp3) is 0.368. The largest absolute Gasteiger partial charge is 0.497 e. The minimum Gasteiger partial charge on any atom is -0.497 e. The summed E-state index contributed by atoms with van der Waals surface area (Å²) in [6, 6.07) is 13.2. The molecule has 0 aliphatic heterocycles. The van der Waals surface area contributed by atoms with Crippen molar-refractivity contribution >= 4 is 5.91 Å². The van der Waals surface area contributed by atoms with E-state index in [1.54, 1.807) is 13.3 Å². The summed E-state index contributed by atoms with van der Waals surface area (Å²) in [5, 5.41) is 12.4. The highest BCUT2D eigenvalue weighted by Gasteiger charge is 2.17. The average molecular weight is 328 g/mol. The van der Waals surface area contributed by atoms with Crippen molar-refractivity contribution in [2.24, 2.45) is 5.92 Å². The minimum absolute atomic E-state index is 0.00771. The third-order valence-corrected chi connectivity index (χ3v) is 4.06. The van der Waals surface area contributed by atoms with E-state index >= 15 is 0 Å². The molecular weight excluding hydrogens is 304 g/mol. The van der Waals surface area contributed by atoms with Gasteiger partial charge >= 0.3 is 0 Å². The number of pyridine rings is 1. The fourth-order valence-corrected chi connectivity index (χ4v) is 2.46. The first-order valence-electron chi connectivity index (χ1n) is 8.06. The molecule has 0 saturated heterocycles. The maximum Gasteiger partial charge on any atom is 0.227 e. The van der Waals surface area contributed by atoms with Crippen LogP contribution >= 0.6 is 0 Å². The monoisotopic (exact) mass is 328 g/mol. The van der Waals surface area contributed by atoms with E-state index in [-0.39, 0.29) is 24.3 Å². The molecular formula is C19H24N2O3. The van der Waals surface area contributed by atoms with Crippen LogP contribution in [0.15, 0.2) is 48.7 Å². The van der Waals surface area contributed by atoms with Crippen LogP contribution in [0, 0.1) is 5.92 Å². The van der Waals surface area contributed by atoms with Gasteiger partial charge < -0.3 is 15.2 Å². The number of aliphatic hydroxyl groups is 1. The number of hydrogen-bond acceptors (Lipinski definition) is 4. The zero-order valence-corrected chi connectivity index (χ0v) is 14.1. The molecule has 24 heavy (non-hydrogen) atoms. The number of nitrogens with zero attached hydrogens (tertiary/aromatic N) is 1. The number of carbonyl (C=O) groups excluding carboxylic acids is 1. The Hall–Kier alpha value is -2.40. The van der Waals surface area contributed by atoms with Gasteiger partial charge in [-0.25, -0.2) is 0 Å². The lowest BCUT2D eigenvalue weighted by molar-refractivity contribution is -0.122. The first-order valence-corrected chi connectivity index (χ1v) is 8.06. The molecule has 0 bridgehead atoms. The minimum atomic E-state index is -0.259. The van der Waals surface area contributed by atoms with Crippen molar-refractivity contribution in [2.75, 3.05) is 20.3 Å². The first-order chi connectivity index (χ1) is 11.6. The number of methoxy groups -OCH3 is 1. The Labute approximate surface area is 142 Å². The number of aliphatic hydroxyl groups excluding tert-OH is 1. The Morgan fingerprint density at radius 1 is 1.25 bits per heavy atom. The summed E-state index contributed by atoms with van der Waals surface area (Å²) in [6.07, 6.45) is 2.36. The van der Waals surface area contributed by atoms with Crippen molar-refractivity contribution in [3.8, 4) is 5.75 Å². The van der Waals surface area contributed by atoms with Crippen LogP contribution in [0.5, 0.6) is 5.75 Å². The number of ether oxygens (including phenoxy) is 1. The Morgan fingerprint density at radius 2 is 2.00 bits per heavy atom. The Kier molecular flexibility index (Phi) is 6.75. The summed E-state index contributed by atoms with van der Waals surface area (Å²) < 4.78 is 5.13. The van der Waals surface area contributed by atoms with Crippen molar-refractivity contribution in [1.29, 1.82) is 0 Å². The van der Waals surface area contributed by atoms with E-state index in [0.717, 1.165) is 17.0 Å². The maximum atomic E-state index is 12.3. The first kappa shape index (κ1) is 17.9. The van der Waals surface area contributed by atoms with E-state index in [2.05, 4.69) is 10.3 Å². The SMILES string of the molecule is COc1ccc(C(C)C(=O)NCC(CO)Cc2ccccn2)cc1. The van der Waals surface area contributed by atoms with Crippen molar-refractivity contribution < 1.29 is 14.6 Å². The van der Waals surface area contributed by atoms with Gasteiger partial charge in [-0.05, 0) is 43.2 Å². The van der Waals surface area contributed by atoms with Gasteiger partial charge in [-0.1, -0.05) is 18.2 Å². The molecule has 0 fully saturated rings. The zero-order valence-electron chi connectivity index (χ0n) is 14.1. The summed E-state index contributed by atoms with van der Waals surface area (Å²) in [5.74, 6) is 0.402. The van der Waals surface area contributed by atoms with E-state index < -0.39 is 0 Å². The third-order valence-electron chi connectivity index (χ3n) is 4.06. The molecule has 0 saturated carbocycles. The lowest BCUT2D eigenvalue weighted by atomic mass is 9.99. The fourth-order valence-electron chi connectivity index (χ4n) is 2.46. The van der Waals surface area contributed by atoms with E-state index in [9.17, 15) is 9.90 Å². The quantitative estimate of drug-likeness (QED) is 0.779. The summed E-state index contributed by atoms with van der Waals surface area (Å²) in [6.45, 7) is 2.30. The second kappa shape index (κ2) is 9.03. The van der Waals surface area contributed by atoms with Crippen LogP contribution in [-0.2, 0) is 11.2 Å². The van der Waals surface area contributed by atoms with Gasteiger partial charge in [0.15, 0.2) is 0 Å². The number of carbonyl (C=O) groups is 1. The van der Waals surface area contributed by atoms with Crippen LogP contribution in [0.4, 0.5) is 0 Å². The number of aromatic nitrogens is 1. The highest BCUT2D eigenvalue weighted by atomic mass is 16.5.